The first-order valence-corrected chi connectivity index (χ1v) is 4.78. The second-order valence-electron chi connectivity index (χ2n) is 2.36. The van der Waals surface area contributed by atoms with Crippen LogP contribution in [0.1, 0.15) is 12.2 Å². The van der Waals surface area contributed by atoms with Crippen LogP contribution in [0.3, 0.4) is 0 Å². The van der Waals surface area contributed by atoms with Crippen LogP contribution >= 0.6 is 31.9 Å². The SMILES string of the molecule is Brc1nc2n(c1Br)CCC2. The third-order valence-corrected chi connectivity index (χ3v) is 3.62. The van der Waals surface area contributed by atoms with Crippen LogP contribution < -0.4 is 0 Å². The van der Waals surface area contributed by atoms with Gasteiger partial charge in [0.25, 0.3) is 0 Å². The van der Waals surface area contributed by atoms with Crippen LogP contribution in [-0.2, 0) is 13.0 Å². The smallest absolute Gasteiger partial charge is 0.139 e. The van der Waals surface area contributed by atoms with Crippen molar-refractivity contribution in [3.05, 3.63) is 15.0 Å². The van der Waals surface area contributed by atoms with Crippen molar-refractivity contribution in [2.45, 2.75) is 19.4 Å². The van der Waals surface area contributed by atoms with Crippen molar-refractivity contribution in [1.29, 1.82) is 0 Å². The molecule has 1 aromatic rings. The first-order chi connectivity index (χ1) is 4.79. The summed E-state index contributed by atoms with van der Waals surface area (Å²) in [6.07, 6.45) is 2.35. The fourth-order valence-corrected chi connectivity index (χ4v) is 2.15. The second-order valence-corrected chi connectivity index (χ2v) is 3.87. The molecular formula is C6H6Br2N2. The van der Waals surface area contributed by atoms with Gasteiger partial charge in [0.1, 0.15) is 15.0 Å². The Morgan fingerprint density at radius 1 is 1.40 bits per heavy atom. The molecule has 2 heterocycles. The van der Waals surface area contributed by atoms with Crippen molar-refractivity contribution >= 4 is 31.9 Å². The lowest BCUT2D eigenvalue weighted by atomic mass is 10.4. The quantitative estimate of drug-likeness (QED) is 0.704. The molecule has 1 aliphatic heterocycles. The number of nitrogens with zero attached hydrogens (tertiary/aromatic N) is 2. The van der Waals surface area contributed by atoms with Crippen molar-refractivity contribution in [3.63, 3.8) is 0 Å². The third kappa shape index (κ3) is 0.855. The summed E-state index contributed by atoms with van der Waals surface area (Å²) in [6.45, 7) is 1.11. The normalized spacial score (nSPS) is 15.8. The van der Waals surface area contributed by atoms with Crippen LogP contribution in [0.5, 0.6) is 0 Å². The summed E-state index contributed by atoms with van der Waals surface area (Å²) in [4.78, 5) is 4.32. The molecule has 0 radical (unpaired) electrons. The van der Waals surface area contributed by atoms with Gasteiger partial charge >= 0.3 is 0 Å². The van der Waals surface area contributed by atoms with Crippen LogP contribution in [-0.4, -0.2) is 9.55 Å². The van der Waals surface area contributed by atoms with Gasteiger partial charge < -0.3 is 4.57 Å². The maximum absolute atomic E-state index is 4.32. The summed E-state index contributed by atoms with van der Waals surface area (Å²) < 4.78 is 4.21. The highest BCUT2D eigenvalue weighted by Crippen LogP contribution is 2.27. The average Bonchev–Trinajstić information content (AvgIpc) is 2.41. The summed E-state index contributed by atoms with van der Waals surface area (Å²) in [6, 6.07) is 0. The van der Waals surface area contributed by atoms with Crippen LogP contribution in [0.2, 0.25) is 0 Å². The minimum Gasteiger partial charge on any atom is -0.322 e. The molecule has 1 aromatic heterocycles. The van der Waals surface area contributed by atoms with Gasteiger partial charge in [-0.25, -0.2) is 4.98 Å². The molecule has 0 spiro atoms. The third-order valence-electron chi connectivity index (χ3n) is 1.73. The van der Waals surface area contributed by atoms with E-state index in [1.54, 1.807) is 0 Å². The maximum atomic E-state index is 4.32. The van der Waals surface area contributed by atoms with Gasteiger partial charge in [-0.3, -0.25) is 0 Å². The van der Waals surface area contributed by atoms with Crippen molar-refractivity contribution in [2.75, 3.05) is 0 Å². The molecular weight excluding hydrogens is 260 g/mol. The lowest BCUT2D eigenvalue weighted by Gasteiger charge is -1.94. The van der Waals surface area contributed by atoms with E-state index in [2.05, 4.69) is 41.4 Å². The van der Waals surface area contributed by atoms with Crippen molar-refractivity contribution in [1.82, 2.24) is 9.55 Å². The highest BCUT2D eigenvalue weighted by atomic mass is 79.9. The standard InChI is InChI=1S/C6H6Br2N2/c7-5-6(8)10-3-1-2-4(10)9-5/h1-3H2. The monoisotopic (exact) mass is 264 g/mol. The van der Waals surface area contributed by atoms with E-state index in [0.29, 0.717) is 0 Å². The van der Waals surface area contributed by atoms with Gasteiger partial charge in [0.15, 0.2) is 0 Å². The molecule has 4 heteroatoms. The Kier molecular flexibility index (Phi) is 1.60. The van der Waals surface area contributed by atoms with E-state index >= 15 is 0 Å². The first kappa shape index (κ1) is 6.85. The van der Waals surface area contributed by atoms with Gasteiger partial charge in [-0.15, -0.1) is 0 Å². The molecule has 0 saturated carbocycles. The van der Waals surface area contributed by atoms with Gasteiger partial charge in [0.2, 0.25) is 0 Å². The van der Waals surface area contributed by atoms with Crippen LogP contribution in [0, 0.1) is 0 Å². The fourth-order valence-electron chi connectivity index (χ4n) is 1.26. The topological polar surface area (TPSA) is 17.8 Å². The van der Waals surface area contributed by atoms with Crippen molar-refractivity contribution in [3.8, 4) is 0 Å². The minimum atomic E-state index is 0.933. The van der Waals surface area contributed by atoms with E-state index in [0.717, 1.165) is 22.2 Å². The van der Waals surface area contributed by atoms with Crippen LogP contribution in [0.15, 0.2) is 9.21 Å². The maximum Gasteiger partial charge on any atom is 0.139 e. The molecule has 54 valence electrons. The molecule has 0 atom stereocenters. The summed E-state index contributed by atoms with van der Waals surface area (Å²) in [5.74, 6) is 1.19. The molecule has 0 amide bonds. The predicted molar refractivity (Wildman–Crippen MR) is 45.9 cm³/mol. The summed E-state index contributed by atoms with van der Waals surface area (Å²) >= 11 is 6.82. The van der Waals surface area contributed by atoms with Crippen LogP contribution in [0.4, 0.5) is 0 Å². The number of imidazole rings is 1. The molecule has 2 nitrogen and oxygen atoms in total. The van der Waals surface area contributed by atoms with E-state index in [9.17, 15) is 0 Å². The van der Waals surface area contributed by atoms with Crippen LogP contribution in [0.25, 0.3) is 0 Å². The highest BCUT2D eigenvalue weighted by molar-refractivity contribution is 9.13. The van der Waals surface area contributed by atoms with Crippen molar-refractivity contribution in [2.24, 2.45) is 0 Å². The highest BCUT2D eigenvalue weighted by Gasteiger charge is 2.17. The number of hydrogen-bond acceptors (Lipinski definition) is 1. The summed E-state index contributed by atoms with van der Waals surface area (Å²) in [7, 11) is 0. The van der Waals surface area contributed by atoms with Gasteiger partial charge in [-0.1, -0.05) is 0 Å². The van der Waals surface area contributed by atoms with E-state index in [1.807, 2.05) is 0 Å². The lowest BCUT2D eigenvalue weighted by Crippen LogP contribution is -1.90. The zero-order chi connectivity index (χ0) is 7.14. The zero-order valence-corrected chi connectivity index (χ0v) is 8.44. The molecule has 0 aliphatic carbocycles. The number of hydrogen-bond donors (Lipinski definition) is 0. The Morgan fingerprint density at radius 2 is 2.20 bits per heavy atom. The number of aryl methyl sites for hydroxylation is 1. The summed E-state index contributed by atoms with van der Waals surface area (Å²) in [5.41, 5.74) is 0. The first-order valence-electron chi connectivity index (χ1n) is 3.19. The Bertz CT molecular complexity index is 267. The van der Waals surface area contributed by atoms with E-state index in [-0.39, 0.29) is 0 Å². The predicted octanol–water partition coefficient (Wildman–Crippen LogP) is 2.35. The van der Waals surface area contributed by atoms with Gasteiger partial charge in [-0.2, -0.15) is 0 Å². The fraction of sp³-hybridized carbons (Fsp3) is 0.500. The van der Waals surface area contributed by atoms with E-state index < -0.39 is 0 Å². The average molecular weight is 266 g/mol. The van der Waals surface area contributed by atoms with Crippen molar-refractivity contribution < 1.29 is 0 Å². The van der Waals surface area contributed by atoms with Gasteiger partial charge in [-0.05, 0) is 38.3 Å². The largest absolute Gasteiger partial charge is 0.322 e. The molecule has 1 aliphatic rings. The molecule has 0 bridgehead atoms. The Morgan fingerprint density at radius 3 is 2.90 bits per heavy atom. The molecule has 0 N–H and O–H groups in total. The molecule has 2 rings (SSSR count). The molecule has 0 unspecified atom stereocenters. The zero-order valence-electron chi connectivity index (χ0n) is 5.27. The lowest BCUT2D eigenvalue weighted by molar-refractivity contribution is 0.735. The summed E-state index contributed by atoms with van der Waals surface area (Å²) in [5, 5.41) is 0. The second kappa shape index (κ2) is 2.34. The molecule has 0 saturated heterocycles. The molecule has 10 heavy (non-hydrogen) atoms. The Balaban J connectivity index is 2.59. The number of aromatic nitrogens is 2. The number of fused-ring (bicyclic) bond motifs is 1. The van der Waals surface area contributed by atoms with E-state index in [1.165, 1.54) is 12.2 Å². The number of halogens is 2. The minimum absolute atomic E-state index is 0.933. The van der Waals surface area contributed by atoms with Gasteiger partial charge in [0, 0.05) is 13.0 Å². The Labute approximate surface area is 75.9 Å². The molecule has 0 aromatic carbocycles. The van der Waals surface area contributed by atoms with Gasteiger partial charge in [0.05, 0.1) is 0 Å². The molecule has 0 fully saturated rings. The Hall–Kier alpha value is 0.170. The van der Waals surface area contributed by atoms with E-state index in [4.69, 9.17) is 0 Å². The number of rotatable bonds is 0.